The fourth-order valence-corrected chi connectivity index (χ4v) is 3.87. The summed E-state index contributed by atoms with van der Waals surface area (Å²) in [6.45, 7) is 10.5. The van der Waals surface area contributed by atoms with Gasteiger partial charge in [0.2, 0.25) is 5.91 Å². The van der Waals surface area contributed by atoms with E-state index in [1.165, 1.54) is 32.1 Å². The minimum Gasteiger partial charge on any atom is -0.341 e. The zero-order valence-electron chi connectivity index (χ0n) is 12.9. The number of carbonyl (C=O) groups excluding carboxylic acids is 1. The van der Waals surface area contributed by atoms with Gasteiger partial charge in [-0.1, -0.05) is 27.2 Å². The van der Waals surface area contributed by atoms with Crippen molar-refractivity contribution in [2.75, 3.05) is 26.2 Å². The summed E-state index contributed by atoms with van der Waals surface area (Å²) in [6.07, 6.45) is 6.32. The minimum absolute atomic E-state index is 0.360. The molecule has 0 aromatic heterocycles. The van der Waals surface area contributed by atoms with Crippen LogP contribution < -0.4 is 0 Å². The molecule has 0 radical (unpaired) electrons. The van der Waals surface area contributed by atoms with Crippen LogP contribution in [0.3, 0.4) is 0 Å². The molecule has 0 unspecified atom stereocenters. The fraction of sp³-hybridized carbons (Fsp3) is 0.938. The van der Waals surface area contributed by atoms with Gasteiger partial charge in [-0.3, -0.25) is 9.69 Å². The SMILES string of the molecule is CC[C@@H]1CCCCN1CC(=O)N1C[C@@H](C)C[C@H](C)C1. The summed E-state index contributed by atoms with van der Waals surface area (Å²) in [5.74, 6) is 1.69. The zero-order valence-corrected chi connectivity index (χ0v) is 12.9. The summed E-state index contributed by atoms with van der Waals surface area (Å²) < 4.78 is 0. The third kappa shape index (κ3) is 3.95. The zero-order chi connectivity index (χ0) is 13.8. The molecule has 110 valence electrons. The predicted octanol–water partition coefficient (Wildman–Crippen LogP) is 2.76. The van der Waals surface area contributed by atoms with Crippen LogP contribution in [0.1, 0.15) is 52.9 Å². The molecular weight excluding hydrogens is 236 g/mol. The van der Waals surface area contributed by atoms with Crippen LogP contribution in [0.2, 0.25) is 0 Å². The third-order valence-corrected chi connectivity index (χ3v) is 4.78. The average molecular weight is 266 g/mol. The molecule has 0 aromatic carbocycles. The van der Waals surface area contributed by atoms with E-state index in [0.29, 0.717) is 30.3 Å². The lowest BCUT2D eigenvalue weighted by Crippen LogP contribution is -2.50. The standard InChI is InChI=1S/C16H30N2O/c1-4-15-7-5-6-8-17(15)12-16(19)18-10-13(2)9-14(3)11-18/h13-15H,4-12H2,1-3H3/t13-,14-,15+/m0/s1. The number of likely N-dealkylation sites (tertiary alicyclic amines) is 2. The minimum atomic E-state index is 0.360. The fourth-order valence-electron chi connectivity index (χ4n) is 3.87. The molecule has 0 spiro atoms. The van der Waals surface area contributed by atoms with Gasteiger partial charge in [-0.15, -0.1) is 0 Å². The Morgan fingerprint density at radius 1 is 1.16 bits per heavy atom. The third-order valence-electron chi connectivity index (χ3n) is 4.78. The first kappa shape index (κ1) is 14.8. The molecule has 3 nitrogen and oxygen atoms in total. The molecule has 3 heteroatoms. The second-order valence-electron chi connectivity index (χ2n) is 6.77. The number of nitrogens with zero attached hydrogens (tertiary/aromatic N) is 2. The molecule has 0 bridgehead atoms. The number of hydrogen-bond acceptors (Lipinski definition) is 2. The Bertz CT molecular complexity index is 295. The van der Waals surface area contributed by atoms with Crippen LogP contribution in [-0.4, -0.2) is 47.9 Å². The maximum atomic E-state index is 12.5. The lowest BCUT2D eigenvalue weighted by atomic mass is 9.92. The molecule has 0 aliphatic carbocycles. The highest BCUT2D eigenvalue weighted by Gasteiger charge is 2.28. The molecule has 0 saturated carbocycles. The second-order valence-corrected chi connectivity index (χ2v) is 6.77. The number of hydrogen-bond donors (Lipinski definition) is 0. The van der Waals surface area contributed by atoms with Gasteiger partial charge in [-0.05, 0) is 44.1 Å². The maximum Gasteiger partial charge on any atom is 0.236 e. The average Bonchev–Trinajstić information content (AvgIpc) is 2.38. The summed E-state index contributed by atoms with van der Waals surface area (Å²) in [5, 5.41) is 0. The Hall–Kier alpha value is -0.570. The molecule has 2 aliphatic rings. The second kappa shape index (κ2) is 6.74. The van der Waals surface area contributed by atoms with Crippen molar-refractivity contribution in [3.8, 4) is 0 Å². The van der Waals surface area contributed by atoms with Gasteiger partial charge in [0.15, 0.2) is 0 Å². The van der Waals surface area contributed by atoms with Crippen LogP contribution in [0.15, 0.2) is 0 Å². The molecular formula is C16H30N2O. The van der Waals surface area contributed by atoms with E-state index in [1.807, 2.05) is 0 Å². The quantitative estimate of drug-likeness (QED) is 0.784. The molecule has 3 atom stereocenters. The highest BCUT2D eigenvalue weighted by Crippen LogP contribution is 2.23. The van der Waals surface area contributed by atoms with E-state index < -0.39 is 0 Å². The number of rotatable bonds is 3. The normalized spacial score (nSPS) is 33.4. The van der Waals surface area contributed by atoms with Crippen LogP contribution in [0, 0.1) is 11.8 Å². The van der Waals surface area contributed by atoms with Gasteiger partial charge >= 0.3 is 0 Å². The van der Waals surface area contributed by atoms with Gasteiger partial charge in [-0.25, -0.2) is 0 Å². The van der Waals surface area contributed by atoms with Crippen LogP contribution in [-0.2, 0) is 4.79 Å². The highest BCUT2D eigenvalue weighted by atomic mass is 16.2. The Kier molecular flexibility index (Phi) is 5.26. The number of piperidine rings is 2. The largest absolute Gasteiger partial charge is 0.341 e. The molecule has 2 saturated heterocycles. The Morgan fingerprint density at radius 2 is 1.84 bits per heavy atom. The summed E-state index contributed by atoms with van der Waals surface area (Å²) in [4.78, 5) is 17.0. The lowest BCUT2D eigenvalue weighted by Gasteiger charge is -2.39. The van der Waals surface area contributed by atoms with E-state index in [0.717, 1.165) is 19.6 Å². The first-order valence-electron chi connectivity index (χ1n) is 8.12. The van der Waals surface area contributed by atoms with E-state index in [-0.39, 0.29) is 0 Å². The molecule has 19 heavy (non-hydrogen) atoms. The first-order valence-corrected chi connectivity index (χ1v) is 8.12. The van der Waals surface area contributed by atoms with Gasteiger partial charge in [0.25, 0.3) is 0 Å². The maximum absolute atomic E-state index is 12.5. The van der Waals surface area contributed by atoms with Gasteiger partial charge in [0, 0.05) is 19.1 Å². The molecule has 0 aromatic rings. The first-order chi connectivity index (χ1) is 9.10. The monoisotopic (exact) mass is 266 g/mol. The number of carbonyl (C=O) groups is 1. The van der Waals surface area contributed by atoms with Gasteiger partial charge in [0.05, 0.1) is 6.54 Å². The number of amides is 1. The van der Waals surface area contributed by atoms with Crippen molar-refractivity contribution >= 4 is 5.91 Å². The summed E-state index contributed by atoms with van der Waals surface area (Å²) >= 11 is 0. The predicted molar refractivity (Wildman–Crippen MR) is 79.0 cm³/mol. The van der Waals surface area contributed by atoms with Gasteiger partial charge in [-0.2, -0.15) is 0 Å². The van der Waals surface area contributed by atoms with Crippen LogP contribution in [0.25, 0.3) is 0 Å². The highest BCUT2D eigenvalue weighted by molar-refractivity contribution is 5.78. The van der Waals surface area contributed by atoms with Crippen LogP contribution in [0.4, 0.5) is 0 Å². The molecule has 2 fully saturated rings. The van der Waals surface area contributed by atoms with Gasteiger partial charge in [0.1, 0.15) is 0 Å². The van der Waals surface area contributed by atoms with Crippen molar-refractivity contribution in [1.29, 1.82) is 0 Å². The van der Waals surface area contributed by atoms with E-state index >= 15 is 0 Å². The van der Waals surface area contributed by atoms with E-state index in [2.05, 4.69) is 30.6 Å². The van der Waals surface area contributed by atoms with Crippen LogP contribution in [0.5, 0.6) is 0 Å². The summed E-state index contributed by atoms with van der Waals surface area (Å²) in [7, 11) is 0. The van der Waals surface area contributed by atoms with E-state index in [1.54, 1.807) is 0 Å². The summed E-state index contributed by atoms with van der Waals surface area (Å²) in [5.41, 5.74) is 0. The smallest absolute Gasteiger partial charge is 0.236 e. The van der Waals surface area contributed by atoms with Crippen LogP contribution >= 0.6 is 0 Å². The van der Waals surface area contributed by atoms with Crippen molar-refractivity contribution in [2.24, 2.45) is 11.8 Å². The summed E-state index contributed by atoms with van der Waals surface area (Å²) in [6, 6.07) is 0.636. The molecule has 1 amide bonds. The topological polar surface area (TPSA) is 23.6 Å². The van der Waals surface area contributed by atoms with Crippen molar-refractivity contribution in [3.05, 3.63) is 0 Å². The molecule has 2 heterocycles. The molecule has 2 rings (SSSR count). The Balaban J connectivity index is 1.88. The lowest BCUT2D eigenvalue weighted by molar-refractivity contribution is -0.136. The van der Waals surface area contributed by atoms with Crippen molar-refractivity contribution in [2.45, 2.75) is 58.9 Å². The van der Waals surface area contributed by atoms with Gasteiger partial charge < -0.3 is 4.90 Å². The van der Waals surface area contributed by atoms with Crippen molar-refractivity contribution in [1.82, 2.24) is 9.80 Å². The molecule has 0 N–H and O–H groups in total. The van der Waals surface area contributed by atoms with Crippen molar-refractivity contribution in [3.63, 3.8) is 0 Å². The Morgan fingerprint density at radius 3 is 2.47 bits per heavy atom. The molecule has 2 aliphatic heterocycles. The van der Waals surface area contributed by atoms with E-state index in [4.69, 9.17) is 0 Å². The Labute approximate surface area is 118 Å². The van der Waals surface area contributed by atoms with E-state index in [9.17, 15) is 4.79 Å². The van der Waals surface area contributed by atoms with Crippen molar-refractivity contribution < 1.29 is 4.79 Å².